The number of ether oxygens (including phenoxy) is 2. The predicted octanol–water partition coefficient (Wildman–Crippen LogP) is -0.0773. The van der Waals surface area contributed by atoms with E-state index in [9.17, 15) is 4.79 Å². The van der Waals surface area contributed by atoms with Gasteiger partial charge in [-0.15, -0.1) is 5.10 Å². The lowest BCUT2D eigenvalue weighted by atomic mass is 10.2. The maximum atomic E-state index is 12.4. The molecule has 1 aliphatic rings. The van der Waals surface area contributed by atoms with E-state index >= 15 is 0 Å². The topological polar surface area (TPSA) is 108 Å². The lowest BCUT2D eigenvalue weighted by Gasteiger charge is -2.32. The van der Waals surface area contributed by atoms with Gasteiger partial charge in [0.15, 0.2) is 0 Å². The Balaban J connectivity index is 1.37. The first kappa shape index (κ1) is 16.3. The number of amides is 1. The second-order valence-corrected chi connectivity index (χ2v) is 5.85. The maximum absolute atomic E-state index is 12.4. The first-order chi connectivity index (χ1) is 12.8. The lowest BCUT2D eigenvalue weighted by molar-refractivity contribution is -0.140. The van der Waals surface area contributed by atoms with Gasteiger partial charge in [0.05, 0.1) is 24.1 Å². The Bertz CT molecular complexity index is 881. The number of hydrogen-bond acceptors (Lipinski definition) is 8. The molecule has 0 aliphatic carbocycles. The molecule has 1 atom stereocenters. The van der Waals surface area contributed by atoms with Crippen molar-refractivity contribution in [3.63, 3.8) is 0 Å². The predicted molar refractivity (Wildman–Crippen MR) is 89.2 cm³/mol. The molecule has 134 valence electrons. The van der Waals surface area contributed by atoms with E-state index in [2.05, 4.69) is 25.5 Å². The Hall–Kier alpha value is -3.14. The van der Waals surface area contributed by atoms with Crippen molar-refractivity contribution in [1.29, 1.82) is 0 Å². The standard InChI is InChI=1S/C16H17N7O3/c24-15(8-23-11-19-20-21-23)22-5-6-25-12(7-22)9-26-16-13-3-1-2-4-14(13)17-10-18-16/h1-4,10-12H,5-9H2. The molecule has 10 nitrogen and oxygen atoms in total. The van der Waals surface area contributed by atoms with Gasteiger partial charge >= 0.3 is 0 Å². The lowest BCUT2D eigenvalue weighted by Crippen LogP contribution is -2.48. The highest BCUT2D eigenvalue weighted by Gasteiger charge is 2.25. The van der Waals surface area contributed by atoms with E-state index in [-0.39, 0.29) is 18.6 Å². The van der Waals surface area contributed by atoms with Gasteiger partial charge in [-0.25, -0.2) is 14.6 Å². The molecular weight excluding hydrogens is 338 g/mol. The van der Waals surface area contributed by atoms with Crippen LogP contribution in [0.5, 0.6) is 5.88 Å². The highest BCUT2D eigenvalue weighted by molar-refractivity contribution is 5.82. The Morgan fingerprint density at radius 1 is 1.31 bits per heavy atom. The van der Waals surface area contributed by atoms with Crippen molar-refractivity contribution < 1.29 is 14.3 Å². The minimum atomic E-state index is -0.227. The molecule has 1 aromatic carbocycles. The van der Waals surface area contributed by atoms with Crippen molar-refractivity contribution in [2.75, 3.05) is 26.3 Å². The van der Waals surface area contributed by atoms with Crippen LogP contribution in [-0.4, -0.2) is 73.4 Å². The van der Waals surface area contributed by atoms with Gasteiger partial charge < -0.3 is 14.4 Å². The average Bonchev–Trinajstić information content (AvgIpc) is 3.19. The summed E-state index contributed by atoms with van der Waals surface area (Å²) in [7, 11) is 0. The van der Waals surface area contributed by atoms with Crippen LogP contribution in [0.4, 0.5) is 0 Å². The number of aromatic nitrogens is 6. The van der Waals surface area contributed by atoms with Crippen LogP contribution in [0.3, 0.4) is 0 Å². The van der Waals surface area contributed by atoms with Crippen LogP contribution < -0.4 is 4.74 Å². The molecule has 3 aromatic rings. The molecule has 2 aromatic heterocycles. The van der Waals surface area contributed by atoms with Crippen LogP contribution in [0, 0.1) is 0 Å². The number of carbonyl (C=O) groups is 1. The molecule has 1 fully saturated rings. The molecule has 0 N–H and O–H groups in total. The van der Waals surface area contributed by atoms with Crippen molar-refractivity contribution in [2.45, 2.75) is 12.6 Å². The molecule has 26 heavy (non-hydrogen) atoms. The van der Waals surface area contributed by atoms with Gasteiger partial charge in [-0.05, 0) is 22.6 Å². The summed E-state index contributed by atoms with van der Waals surface area (Å²) in [6.07, 6.45) is 2.66. The largest absolute Gasteiger partial charge is 0.474 e. The minimum absolute atomic E-state index is 0.0573. The summed E-state index contributed by atoms with van der Waals surface area (Å²) < 4.78 is 13.0. The molecule has 1 saturated heterocycles. The van der Waals surface area contributed by atoms with Gasteiger partial charge in [0.1, 0.15) is 31.9 Å². The van der Waals surface area contributed by atoms with Crippen molar-refractivity contribution in [2.24, 2.45) is 0 Å². The van der Waals surface area contributed by atoms with Gasteiger partial charge in [0, 0.05) is 6.54 Å². The van der Waals surface area contributed by atoms with E-state index in [0.717, 1.165) is 10.9 Å². The number of hydrogen-bond donors (Lipinski definition) is 0. The van der Waals surface area contributed by atoms with Crippen molar-refractivity contribution in [1.82, 2.24) is 35.1 Å². The zero-order chi connectivity index (χ0) is 17.8. The van der Waals surface area contributed by atoms with E-state index in [1.54, 1.807) is 4.90 Å². The molecule has 1 aliphatic heterocycles. The van der Waals surface area contributed by atoms with E-state index in [0.29, 0.717) is 32.2 Å². The first-order valence-electron chi connectivity index (χ1n) is 8.22. The van der Waals surface area contributed by atoms with Gasteiger partial charge in [-0.1, -0.05) is 12.1 Å². The molecule has 1 unspecified atom stereocenters. The monoisotopic (exact) mass is 355 g/mol. The van der Waals surface area contributed by atoms with E-state index < -0.39 is 0 Å². The summed E-state index contributed by atoms with van der Waals surface area (Å²) in [6.45, 7) is 1.85. The Kier molecular flexibility index (Phi) is 4.65. The number of nitrogens with zero attached hydrogens (tertiary/aromatic N) is 7. The first-order valence-corrected chi connectivity index (χ1v) is 8.22. The zero-order valence-corrected chi connectivity index (χ0v) is 13.9. The van der Waals surface area contributed by atoms with Crippen molar-refractivity contribution in [3.8, 4) is 5.88 Å². The number of carbonyl (C=O) groups excluding carboxylic acids is 1. The number of benzene rings is 1. The highest BCUT2D eigenvalue weighted by Crippen LogP contribution is 2.21. The number of rotatable bonds is 5. The Morgan fingerprint density at radius 3 is 3.12 bits per heavy atom. The second-order valence-electron chi connectivity index (χ2n) is 5.85. The Morgan fingerprint density at radius 2 is 2.23 bits per heavy atom. The van der Waals surface area contributed by atoms with Crippen LogP contribution in [0.2, 0.25) is 0 Å². The van der Waals surface area contributed by atoms with Gasteiger partial charge in [0.2, 0.25) is 11.8 Å². The van der Waals surface area contributed by atoms with Crippen LogP contribution in [0.1, 0.15) is 0 Å². The van der Waals surface area contributed by atoms with Crippen LogP contribution in [-0.2, 0) is 16.1 Å². The fraction of sp³-hybridized carbons (Fsp3) is 0.375. The minimum Gasteiger partial charge on any atom is -0.474 e. The molecule has 4 rings (SSSR count). The van der Waals surface area contributed by atoms with Crippen molar-refractivity contribution >= 4 is 16.8 Å². The smallest absolute Gasteiger partial charge is 0.244 e. The Labute approximate surface area is 148 Å². The third-order valence-corrected chi connectivity index (χ3v) is 4.09. The van der Waals surface area contributed by atoms with E-state index in [1.165, 1.54) is 17.3 Å². The summed E-state index contributed by atoms with van der Waals surface area (Å²) in [5.41, 5.74) is 0.820. The van der Waals surface area contributed by atoms with Gasteiger partial charge in [-0.2, -0.15) is 0 Å². The summed E-state index contributed by atoms with van der Waals surface area (Å²) >= 11 is 0. The number of para-hydroxylation sites is 1. The SMILES string of the molecule is O=C(Cn1cnnn1)N1CCOC(COc2ncnc3ccccc23)C1. The molecule has 1 amide bonds. The molecule has 0 radical (unpaired) electrons. The normalized spacial score (nSPS) is 17.4. The average molecular weight is 355 g/mol. The van der Waals surface area contributed by atoms with E-state index in [4.69, 9.17) is 9.47 Å². The zero-order valence-electron chi connectivity index (χ0n) is 13.9. The van der Waals surface area contributed by atoms with Crippen LogP contribution in [0.25, 0.3) is 10.9 Å². The van der Waals surface area contributed by atoms with Crippen LogP contribution in [0.15, 0.2) is 36.9 Å². The van der Waals surface area contributed by atoms with Crippen LogP contribution >= 0.6 is 0 Å². The second kappa shape index (κ2) is 7.40. The molecule has 0 saturated carbocycles. The number of fused-ring (bicyclic) bond motifs is 1. The molecular formula is C16H17N7O3. The molecule has 0 spiro atoms. The third kappa shape index (κ3) is 3.59. The third-order valence-electron chi connectivity index (χ3n) is 4.09. The fourth-order valence-corrected chi connectivity index (χ4v) is 2.81. The summed E-state index contributed by atoms with van der Waals surface area (Å²) in [6, 6.07) is 7.64. The fourth-order valence-electron chi connectivity index (χ4n) is 2.81. The quantitative estimate of drug-likeness (QED) is 0.625. The van der Waals surface area contributed by atoms with Gasteiger partial charge in [0.25, 0.3) is 0 Å². The summed E-state index contributed by atoms with van der Waals surface area (Å²) in [5.74, 6) is 0.453. The van der Waals surface area contributed by atoms with E-state index in [1.807, 2.05) is 24.3 Å². The highest BCUT2D eigenvalue weighted by atomic mass is 16.5. The van der Waals surface area contributed by atoms with Crippen molar-refractivity contribution in [3.05, 3.63) is 36.9 Å². The molecule has 10 heteroatoms. The molecule has 3 heterocycles. The number of morpholine rings is 1. The summed E-state index contributed by atoms with van der Waals surface area (Å²) in [5, 5.41) is 11.6. The summed E-state index contributed by atoms with van der Waals surface area (Å²) in [4.78, 5) is 22.5. The maximum Gasteiger partial charge on any atom is 0.244 e. The molecule has 0 bridgehead atoms. The number of tetrazole rings is 1. The van der Waals surface area contributed by atoms with Gasteiger partial charge in [-0.3, -0.25) is 4.79 Å².